The van der Waals surface area contributed by atoms with Crippen LogP contribution in [0.3, 0.4) is 0 Å². The fourth-order valence-electron chi connectivity index (χ4n) is 4.72. The van der Waals surface area contributed by atoms with Gasteiger partial charge in [-0.05, 0) is 68.1 Å². The molecule has 0 unspecified atom stereocenters. The summed E-state index contributed by atoms with van der Waals surface area (Å²) >= 11 is 0. The molecule has 6 rings (SSSR count). The number of amides is 1. The van der Waals surface area contributed by atoms with Crippen LogP contribution in [0.4, 0.5) is 10.1 Å². The smallest absolute Gasteiger partial charge is 0.258 e. The molecule has 7 heteroatoms. The van der Waals surface area contributed by atoms with Crippen molar-refractivity contribution in [2.24, 2.45) is 0 Å². The largest absolute Gasteiger partial charge is 0.489 e. The Morgan fingerprint density at radius 3 is 2.85 bits per heavy atom. The van der Waals surface area contributed by atoms with Crippen molar-refractivity contribution in [3.63, 3.8) is 0 Å². The monoisotopic (exact) mass is 456 g/mol. The Kier molecular flexibility index (Phi) is 4.79. The van der Waals surface area contributed by atoms with Gasteiger partial charge in [0.1, 0.15) is 12.4 Å². The van der Waals surface area contributed by atoms with E-state index >= 15 is 0 Å². The Hall–Kier alpha value is -3.87. The molecule has 0 saturated heterocycles. The van der Waals surface area contributed by atoms with Gasteiger partial charge in [0.05, 0.1) is 41.2 Å². The van der Waals surface area contributed by atoms with E-state index in [-0.39, 0.29) is 5.56 Å². The maximum Gasteiger partial charge on any atom is 0.258 e. The molecule has 3 heterocycles. The first-order valence-corrected chi connectivity index (χ1v) is 11.6. The van der Waals surface area contributed by atoms with Gasteiger partial charge in [0.15, 0.2) is 5.75 Å². The number of rotatable bonds is 4. The lowest BCUT2D eigenvalue weighted by Crippen LogP contribution is -2.16. The lowest BCUT2D eigenvalue weighted by Gasteiger charge is -2.15. The van der Waals surface area contributed by atoms with Gasteiger partial charge in [0.2, 0.25) is 0 Å². The number of hydrogen-bond acceptors (Lipinski definition) is 3. The number of fused-ring (bicyclic) bond motifs is 3. The van der Waals surface area contributed by atoms with Crippen LogP contribution in [0.5, 0.6) is 5.75 Å². The van der Waals surface area contributed by atoms with Crippen molar-refractivity contribution in [2.75, 3.05) is 11.9 Å². The summed E-state index contributed by atoms with van der Waals surface area (Å²) in [4.78, 5) is 17.7. The minimum Gasteiger partial charge on any atom is -0.489 e. The predicted octanol–water partition coefficient (Wildman–Crippen LogP) is 5.62. The Bertz CT molecular complexity index is 1430. The van der Waals surface area contributed by atoms with E-state index in [9.17, 15) is 9.18 Å². The highest BCUT2D eigenvalue weighted by Gasteiger charge is 2.26. The van der Waals surface area contributed by atoms with E-state index in [0.717, 1.165) is 53.2 Å². The molecule has 2 aromatic heterocycles. The fraction of sp³-hybridized carbons (Fsp3) is 0.259. The van der Waals surface area contributed by atoms with Gasteiger partial charge in [-0.15, -0.1) is 0 Å². The van der Waals surface area contributed by atoms with E-state index in [0.29, 0.717) is 24.0 Å². The van der Waals surface area contributed by atoms with Gasteiger partial charge in [-0.2, -0.15) is 0 Å². The van der Waals surface area contributed by atoms with Crippen molar-refractivity contribution in [3.05, 3.63) is 83.3 Å². The number of aryl methyl sites for hydroxylation is 2. The molecule has 0 bridgehead atoms. The predicted molar refractivity (Wildman–Crippen MR) is 128 cm³/mol. The van der Waals surface area contributed by atoms with E-state index in [1.165, 1.54) is 6.07 Å². The van der Waals surface area contributed by atoms with E-state index in [2.05, 4.69) is 27.9 Å². The number of nitrogens with one attached hydrogen (secondary N) is 1. The van der Waals surface area contributed by atoms with Gasteiger partial charge in [-0.3, -0.25) is 4.79 Å². The summed E-state index contributed by atoms with van der Waals surface area (Å²) in [5.74, 6) is 0.0410. The van der Waals surface area contributed by atoms with E-state index in [1.807, 2.05) is 36.0 Å². The number of aromatic nitrogens is 3. The third kappa shape index (κ3) is 3.48. The second-order valence-electron chi connectivity index (χ2n) is 9.12. The number of para-hydroxylation sites is 1. The zero-order valence-corrected chi connectivity index (χ0v) is 19.1. The van der Waals surface area contributed by atoms with E-state index in [4.69, 9.17) is 4.74 Å². The van der Waals surface area contributed by atoms with Crippen LogP contribution >= 0.6 is 0 Å². The van der Waals surface area contributed by atoms with Crippen molar-refractivity contribution in [1.82, 2.24) is 14.1 Å². The summed E-state index contributed by atoms with van der Waals surface area (Å²) in [7, 11) is 0. The maximum atomic E-state index is 14.9. The third-order valence-electron chi connectivity index (χ3n) is 6.67. The van der Waals surface area contributed by atoms with Gasteiger partial charge in [0.25, 0.3) is 5.91 Å². The zero-order valence-electron chi connectivity index (χ0n) is 19.1. The summed E-state index contributed by atoms with van der Waals surface area (Å²) < 4.78 is 25.0. The molecule has 0 radical (unpaired) electrons. The number of imidazole rings is 1. The number of benzene rings is 2. The average molecular weight is 457 g/mol. The molecule has 4 aromatic rings. The molecule has 1 fully saturated rings. The molecule has 6 nitrogen and oxygen atoms in total. The molecule has 0 atom stereocenters. The first kappa shape index (κ1) is 20.7. The Balaban J connectivity index is 1.35. The molecule has 1 aliphatic carbocycles. The molecule has 34 heavy (non-hydrogen) atoms. The van der Waals surface area contributed by atoms with E-state index in [1.54, 1.807) is 18.5 Å². The number of carbonyl (C=O) groups excluding carboxylic acids is 1. The number of nitrogens with zero attached hydrogens (tertiary/aromatic N) is 3. The van der Waals surface area contributed by atoms with Crippen LogP contribution in [0, 0.1) is 19.7 Å². The number of ether oxygens (including phenoxy) is 1. The normalized spacial score (nSPS) is 14.7. The summed E-state index contributed by atoms with van der Waals surface area (Å²) in [6.45, 7) is 5.09. The summed E-state index contributed by atoms with van der Waals surface area (Å²) in [5.41, 5.74) is 6.14. The highest BCUT2D eigenvalue weighted by atomic mass is 19.1. The van der Waals surface area contributed by atoms with Gasteiger partial charge in [0, 0.05) is 23.9 Å². The Morgan fingerprint density at radius 2 is 2.03 bits per heavy atom. The minimum atomic E-state index is -0.561. The second-order valence-corrected chi connectivity index (χ2v) is 9.12. The molecule has 1 N–H and O–H groups in total. The van der Waals surface area contributed by atoms with Crippen LogP contribution in [0.25, 0.3) is 16.9 Å². The zero-order chi connectivity index (χ0) is 23.4. The van der Waals surface area contributed by atoms with E-state index < -0.39 is 11.7 Å². The summed E-state index contributed by atoms with van der Waals surface area (Å²) in [6, 6.07) is 10.7. The Morgan fingerprint density at radius 1 is 1.18 bits per heavy atom. The number of carbonyl (C=O) groups is 1. The number of anilines is 1. The molecule has 2 aromatic carbocycles. The molecule has 1 aliphatic heterocycles. The van der Waals surface area contributed by atoms with Crippen LogP contribution in [-0.2, 0) is 6.54 Å². The van der Waals surface area contributed by atoms with Crippen molar-refractivity contribution in [3.8, 4) is 22.7 Å². The van der Waals surface area contributed by atoms with Gasteiger partial charge in [-0.25, -0.2) is 9.37 Å². The molecule has 0 spiro atoms. The van der Waals surface area contributed by atoms with Crippen LogP contribution in [-0.4, -0.2) is 26.6 Å². The van der Waals surface area contributed by atoms with Crippen molar-refractivity contribution in [1.29, 1.82) is 0 Å². The lowest BCUT2D eigenvalue weighted by molar-refractivity contribution is 0.102. The van der Waals surface area contributed by atoms with Crippen LogP contribution < -0.4 is 10.1 Å². The topological polar surface area (TPSA) is 61.1 Å². The molecule has 1 amide bonds. The maximum absolute atomic E-state index is 14.9. The van der Waals surface area contributed by atoms with Gasteiger partial charge >= 0.3 is 0 Å². The Labute approximate surface area is 197 Å². The highest BCUT2D eigenvalue weighted by Crippen LogP contribution is 2.41. The summed E-state index contributed by atoms with van der Waals surface area (Å²) in [6.07, 6.45) is 8.06. The van der Waals surface area contributed by atoms with Crippen molar-refractivity contribution >= 4 is 11.6 Å². The van der Waals surface area contributed by atoms with Crippen molar-refractivity contribution < 1.29 is 13.9 Å². The van der Waals surface area contributed by atoms with Gasteiger partial charge < -0.3 is 19.2 Å². The molecular formula is C27H25FN4O2. The highest BCUT2D eigenvalue weighted by molar-refractivity contribution is 6.06. The van der Waals surface area contributed by atoms with Gasteiger partial charge in [-0.1, -0.05) is 6.07 Å². The SMILES string of the molecule is Cc1cc(F)c(C(=O)Nc2cccc3c2OCCn2ccc(C)c2-3)cc1-n1cnc(C2CC2)c1. The first-order chi connectivity index (χ1) is 16.5. The molecule has 1 saturated carbocycles. The molecular weight excluding hydrogens is 431 g/mol. The van der Waals surface area contributed by atoms with Crippen LogP contribution in [0.15, 0.2) is 55.1 Å². The second kappa shape index (κ2) is 7.87. The average Bonchev–Trinajstić information content (AvgIpc) is 3.49. The third-order valence-corrected chi connectivity index (χ3v) is 6.67. The summed E-state index contributed by atoms with van der Waals surface area (Å²) in [5, 5.41) is 2.89. The molecule has 172 valence electrons. The molecule has 2 aliphatic rings. The quantitative estimate of drug-likeness (QED) is 0.434. The standard InChI is InChI=1S/C27H25FN4O2/c1-16-8-9-31-10-11-34-26-19(25(16)31)4-3-5-22(26)30-27(33)20-13-24(17(2)12-21(20)28)32-14-23(29-15-32)18-6-7-18/h3-5,8-9,12-15,18H,6-7,10-11H2,1-2H3,(H,30,33). The number of halogens is 1. The first-order valence-electron chi connectivity index (χ1n) is 11.6. The fourth-order valence-corrected chi connectivity index (χ4v) is 4.72. The van der Waals surface area contributed by atoms with Crippen LogP contribution in [0.2, 0.25) is 0 Å². The lowest BCUT2D eigenvalue weighted by atomic mass is 10.1. The van der Waals surface area contributed by atoms with Crippen LogP contribution in [0.1, 0.15) is 45.9 Å². The number of hydrogen-bond donors (Lipinski definition) is 1. The minimum absolute atomic E-state index is 0.0203. The van der Waals surface area contributed by atoms with Crippen molar-refractivity contribution in [2.45, 2.75) is 39.2 Å².